The molecule has 20 heavy (non-hydrogen) atoms. The summed E-state index contributed by atoms with van der Waals surface area (Å²) in [6.07, 6.45) is 0.665. The molecular weight excluding hydrogens is 252 g/mol. The molecule has 4 nitrogen and oxygen atoms in total. The lowest BCUT2D eigenvalue weighted by molar-refractivity contribution is -0.136. The lowest BCUT2D eigenvalue weighted by atomic mass is 10.1. The highest BCUT2D eigenvalue weighted by Crippen LogP contribution is 2.21. The third-order valence-electron chi connectivity index (χ3n) is 3.77. The van der Waals surface area contributed by atoms with Gasteiger partial charge in [-0.2, -0.15) is 5.10 Å². The number of aromatic nitrogens is 2. The van der Waals surface area contributed by atoms with Crippen molar-refractivity contribution < 1.29 is 9.90 Å². The number of hydrogen-bond donors (Lipinski definition) is 1. The van der Waals surface area contributed by atoms with E-state index in [9.17, 15) is 4.79 Å². The van der Waals surface area contributed by atoms with Crippen molar-refractivity contribution in [1.82, 2.24) is 9.78 Å². The maximum atomic E-state index is 10.7. The fourth-order valence-corrected chi connectivity index (χ4v) is 2.38. The highest BCUT2D eigenvalue weighted by atomic mass is 16.4. The van der Waals surface area contributed by atoms with Crippen LogP contribution < -0.4 is 0 Å². The van der Waals surface area contributed by atoms with E-state index in [-0.39, 0.29) is 6.42 Å². The molecule has 1 heterocycles. The molecule has 106 valence electrons. The van der Waals surface area contributed by atoms with E-state index in [0.29, 0.717) is 6.42 Å². The minimum Gasteiger partial charge on any atom is -0.481 e. The maximum absolute atomic E-state index is 10.7. The number of carbonyl (C=O) groups is 1. The van der Waals surface area contributed by atoms with Crippen LogP contribution in [0, 0.1) is 27.7 Å². The summed E-state index contributed by atoms with van der Waals surface area (Å²) in [5, 5.41) is 13.4. The van der Waals surface area contributed by atoms with Crippen molar-refractivity contribution in [3.63, 3.8) is 0 Å². The molecule has 2 rings (SSSR count). The van der Waals surface area contributed by atoms with E-state index in [0.717, 1.165) is 22.6 Å². The van der Waals surface area contributed by atoms with Crippen LogP contribution >= 0.6 is 0 Å². The minimum absolute atomic E-state index is 0.139. The van der Waals surface area contributed by atoms with E-state index in [1.165, 1.54) is 11.1 Å². The van der Waals surface area contributed by atoms with E-state index in [2.05, 4.69) is 31.1 Å². The molecule has 0 spiro atoms. The van der Waals surface area contributed by atoms with Crippen LogP contribution in [0.25, 0.3) is 5.69 Å². The van der Waals surface area contributed by atoms with E-state index in [1.807, 2.05) is 24.6 Å². The summed E-state index contributed by atoms with van der Waals surface area (Å²) < 4.78 is 1.90. The Labute approximate surface area is 119 Å². The smallest absolute Gasteiger partial charge is 0.303 e. The second-order valence-electron chi connectivity index (χ2n) is 5.22. The number of aryl methyl sites for hydroxylation is 3. The van der Waals surface area contributed by atoms with Gasteiger partial charge in [0.2, 0.25) is 0 Å². The second kappa shape index (κ2) is 5.49. The fraction of sp³-hybridized carbons (Fsp3) is 0.375. The fourth-order valence-electron chi connectivity index (χ4n) is 2.38. The first-order valence-corrected chi connectivity index (χ1v) is 6.74. The zero-order valence-electron chi connectivity index (χ0n) is 12.4. The monoisotopic (exact) mass is 272 g/mol. The minimum atomic E-state index is -0.775. The Morgan fingerprint density at radius 3 is 2.50 bits per heavy atom. The van der Waals surface area contributed by atoms with Crippen LogP contribution in [0.15, 0.2) is 18.2 Å². The van der Waals surface area contributed by atoms with Crippen molar-refractivity contribution in [3.05, 3.63) is 46.3 Å². The van der Waals surface area contributed by atoms with Crippen LogP contribution in [0.3, 0.4) is 0 Å². The van der Waals surface area contributed by atoms with E-state index < -0.39 is 5.97 Å². The molecular formula is C16H20N2O2. The summed E-state index contributed by atoms with van der Waals surface area (Å²) in [6.45, 7) is 8.09. The molecule has 0 bridgehead atoms. The first-order chi connectivity index (χ1) is 9.40. The van der Waals surface area contributed by atoms with Crippen LogP contribution in [0.4, 0.5) is 0 Å². The summed E-state index contributed by atoms with van der Waals surface area (Å²) in [6, 6.07) is 6.23. The molecule has 2 aromatic rings. The Kier molecular flexibility index (Phi) is 3.93. The van der Waals surface area contributed by atoms with Crippen molar-refractivity contribution >= 4 is 5.97 Å². The molecule has 4 heteroatoms. The Bertz CT molecular complexity index is 657. The van der Waals surface area contributed by atoms with Crippen molar-refractivity contribution in [2.24, 2.45) is 0 Å². The highest BCUT2D eigenvalue weighted by molar-refractivity contribution is 5.67. The van der Waals surface area contributed by atoms with Gasteiger partial charge in [-0.1, -0.05) is 6.07 Å². The molecule has 0 saturated heterocycles. The summed E-state index contributed by atoms with van der Waals surface area (Å²) in [5.41, 5.74) is 6.46. The van der Waals surface area contributed by atoms with Crippen molar-refractivity contribution in [1.29, 1.82) is 0 Å². The lowest BCUT2D eigenvalue weighted by Crippen LogP contribution is -2.02. The van der Waals surface area contributed by atoms with Gasteiger partial charge in [0.05, 0.1) is 11.4 Å². The number of carboxylic acid groups (broad SMARTS) is 1. The number of rotatable bonds is 4. The summed E-state index contributed by atoms with van der Waals surface area (Å²) in [5.74, 6) is -0.775. The Morgan fingerprint density at radius 2 is 1.90 bits per heavy atom. The predicted octanol–water partition coefficient (Wildman–Crippen LogP) is 3.12. The van der Waals surface area contributed by atoms with Crippen molar-refractivity contribution in [3.8, 4) is 5.69 Å². The van der Waals surface area contributed by atoms with Crippen molar-refractivity contribution in [2.75, 3.05) is 0 Å². The molecule has 0 saturated carbocycles. The molecule has 1 N–H and O–H groups in total. The molecule has 0 unspecified atom stereocenters. The van der Waals surface area contributed by atoms with Crippen LogP contribution in [-0.4, -0.2) is 20.9 Å². The van der Waals surface area contributed by atoms with Crippen molar-refractivity contribution in [2.45, 2.75) is 40.5 Å². The largest absolute Gasteiger partial charge is 0.481 e. The van der Waals surface area contributed by atoms with Crippen LogP contribution in [-0.2, 0) is 11.2 Å². The summed E-state index contributed by atoms with van der Waals surface area (Å²) in [4.78, 5) is 10.7. The van der Waals surface area contributed by atoms with E-state index >= 15 is 0 Å². The van der Waals surface area contributed by atoms with Gasteiger partial charge in [-0.15, -0.1) is 0 Å². The Hall–Kier alpha value is -2.10. The van der Waals surface area contributed by atoms with Gasteiger partial charge in [0, 0.05) is 12.1 Å². The van der Waals surface area contributed by atoms with Gasteiger partial charge in [0.15, 0.2) is 0 Å². The summed E-state index contributed by atoms with van der Waals surface area (Å²) >= 11 is 0. The average Bonchev–Trinajstić information content (AvgIpc) is 2.66. The quantitative estimate of drug-likeness (QED) is 0.930. The van der Waals surface area contributed by atoms with Gasteiger partial charge in [-0.3, -0.25) is 4.79 Å². The average molecular weight is 272 g/mol. The number of carboxylic acids is 1. The molecule has 0 aliphatic carbocycles. The highest BCUT2D eigenvalue weighted by Gasteiger charge is 2.14. The molecule has 0 amide bonds. The maximum Gasteiger partial charge on any atom is 0.303 e. The normalized spacial score (nSPS) is 10.8. The number of hydrogen-bond acceptors (Lipinski definition) is 2. The summed E-state index contributed by atoms with van der Waals surface area (Å²) in [7, 11) is 0. The van der Waals surface area contributed by atoms with Gasteiger partial charge in [0.1, 0.15) is 0 Å². The van der Waals surface area contributed by atoms with Gasteiger partial charge in [-0.05, 0) is 62.9 Å². The Balaban J connectivity index is 2.40. The molecule has 0 fully saturated rings. The first-order valence-electron chi connectivity index (χ1n) is 6.74. The molecule has 0 radical (unpaired) electrons. The van der Waals surface area contributed by atoms with Crippen LogP contribution in [0.1, 0.15) is 34.5 Å². The number of benzene rings is 1. The molecule has 1 aromatic heterocycles. The number of aliphatic carboxylic acids is 1. The van der Waals surface area contributed by atoms with Gasteiger partial charge in [-0.25, -0.2) is 4.68 Å². The first kappa shape index (κ1) is 14.3. The zero-order chi connectivity index (χ0) is 14.9. The predicted molar refractivity (Wildman–Crippen MR) is 78.5 cm³/mol. The third kappa shape index (κ3) is 2.74. The standard InChI is InChI=1S/C16H20N2O2/c1-10-5-6-14(9-11(10)2)18-13(4)15(12(3)17-18)7-8-16(19)20/h5-6,9H,7-8H2,1-4H3,(H,19,20). The molecule has 0 atom stereocenters. The molecule has 0 aliphatic heterocycles. The number of nitrogens with zero attached hydrogens (tertiary/aromatic N) is 2. The lowest BCUT2D eigenvalue weighted by Gasteiger charge is -2.08. The molecule has 1 aromatic carbocycles. The third-order valence-corrected chi connectivity index (χ3v) is 3.77. The van der Waals surface area contributed by atoms with E-state index in [4.69, 9.17) is 5.11 Å². The van der Waals surface area contributed by atoms with Crippen LogP contribution in [0.2, 0.25) is 0 Å². The SMILES string of the molecule is Cc1ccc(-n2nc(C)c(CCC(=O)O)c2C)cc1C. The van der Waals surface area contributed by atoms with Gasteiger partial charge >= 0.3 is 5.97 Å². The Morgan fingerprint density at radius 1 is 1.20 bits per heavy atom. The zero-order valence-corrected chi connectivity index (χ0v) is 12.4. The van der Waals surface area contributed by atoms with Crippen LogP contribution in [0.5, 0.6) is 0 Å². The topological polar surface area (TPSA) is 55.1 Å². The van der Waals surface area contributed by atoms with Gasteiger partial charge < -0.3 is 5.11 Å². The second-order valence-corrected chi connectivity index (χ2v) is 5.22. The molecule has 0 aliphatic rings. The van der Waals surface area contributed by atoms with Gasteiger partial charge in [0.25, 0.3) is 0 Å². The van der Waals surface area contributed by atoms with E-state index in [1.54, 1.807) is 0 Å².